The smallest absolute Gasteiger partial charge is 0.429 e. The Bertz CT molecular complexity index is 1770. The van der Waals surface area contributed by atoms with Gasteiger partial charge in [-0.25, -0.2) is 26.3 Å². The largest absolute Gasteiger partial charge is 0.573 e. The van der Waals surface area contributed by atoms with Gasteiger partial charge in [-0.1, -0.05) is 24.0 Å². The van der Waals surface area contributed by atoms with E-state index in [0.717, 1.165) is 0 Å². The van der Waals surface area contributed by atoms with E-state index in [4.69, 9.17) is 0 Å². The van der Waals surface area contributed by atoms with Gasteiger partial charge in [0.15, 0.2) is 11.6 Å². The van der Waals surface area contributed by atoms with Crippen molar-refractivity contribution in [2.45, 2.75) is 25.3 Å². The van der Waals surface area contributed by atoms with Crippen LogP contribution in [0, 0.1) is 46.7 Å². The molecule has 4 aromatic carbocycles. The van der Waals surface area contributed by atoms with Gasteiger partial charge in [0.05, 0.1) is 5.56 Å². The summed E-state index contributed by atoms with van der Waals surface area (Å²) in [5.41, 5.74) is -3.01. The number of allylic oxidation sites excluding steroid dienone is 1. The molecule has 0 amide bonds. The average Bonchev–Trinajstić information content (AvgIpc) is 2.92. The minimum absolute atomic E-state index is 0.113. The van der Waals surface area contributed by atoms with Crippen LogP contribution in [0.2, 0.25) is 0 Å². The number of hydrogen-bond donors (Lipinski definition) is 0. The summed E-state index contributed by atoms with van der Waals surface area (Å²) in [6.07, 6.45) is -7.37. The van der Waals surface area contributed by atoms with Crippen molar-refractivity contribution in [1.29, 1.82) is 0 Å². The van der Waals surface area contributed by atoms with Crippen molar-refractivity contribution in [1.82, 2.24) is 0 Å². The molecule has 4 aromatic rings. The van der Waals surface area contributed by atoms with E-state index in [9.17, 15) is 48.3 Å². The molecule has 0 bridgehead atoms. The predicted octanol–water partition coefficient (Wildman–Crippen LogP) is 9.73. The topological polar surface area (TPSA) is 18.5 Å². The Morgan fingerprint density at radius 3 is 1.87 bits per heavy atom. The van der Waals surface area contributed by atoms with Crippen molar-refractivity contribution in [2.24, 2.45) is 0 Å². The summed E-state index contributed by atoms with van der Waals surface area (Å²) >= 11 is 0. The Morgan fingerprint density at radius 2 is 1.31 bits per heavy atom. The molecule has 0 atom stereocenters. The molecule has 0 aliphatic heterocycles. The first-order valence-electron chi connectivity index (χ1n) is 12.6. The molecule has 0 saturated carbocycles. The molecule has 2 nitrogen and oxygen atoms in total. The molecule has 13 heteroatoms. The summed E-state index contributed by atoms with van der Waals surface area (Å²) in [5, 5.41) is 0. The van der Waals surface area contributed by atoms with Crippen LogP contribution in [0.25, 0.3) is 11.1 Å². The predicted molar refractivity (Wildman–Crippen MR) is 140 cm³/mol. The van der Waals surface area contributed by atoms with Crippen LogP contribution >= 0.6 is 0 Å². The van der Waals surface area contributed by atoms with Crippen LogP contribution in [0.5, 0.6) is 11.5 Å². The lowest BCUT2D eigenvalue weighted by Crippen LogP contribution is -2.25. The lowest BCUT2D eigenvalue weighted by atomic mass is 10.0. The standard InChI is InChI=1S/C32H17F11O2/c1-2-3-4-17-5-7-19(23(33)11-17)8-6-18-12-25(35)29(26(36)13-18)31(39,40)44-21-9-10-22(24(34)16-21)20-14-27(37)30(28(38)15-20)45-32(41,42)43/h2,5,7,9-16H,1,3-4H2. The fourth-order valence-corrected chi connectivity index (χ4v) is 4.07. The van der Waals surface area contributed by atoms with Gasteiger partial charge in [0.2, 0.25) is 5.75 Å². The van der Waals surface area contributed by atoms with Crippen molar-refractivity contribution < 1.29 is 57.8 Å². The third kappa shape index (κ3) is 7.94. The molecular weight excluding hydrogens is 625 g/mol. The van der Waals surface area contributed by atoms with E-state index in [0.29, 0.717) is 60.9 Å². The second kappa shape index (κ2) is 12.9. The van der Waals surface area contributed by atoms with Gasteiger partial charge in [-0.15, -0.1) is 19.8 Å². The molecule has 0 aliphatic rings. The van der Waals surface area contributed by atoms with Crippen LogP contribution < -0.4 is 9.47 Å². The van der Waals surface area contributed by atoms with Crippen LogP contribution in [0.4, 0.5) is 48.3 Å². The number of halogens is 11. The van der Waals surface area contributed by atoms with E-state index >= 15 is 0 Å². The molecule has 0 unspecified atom stereocenters. The van der Waals surface area contributed by atoms with Crippen LogP contribution in [0.15, 0.2) is 73.3 Å². The third-order valence-corrected chi connectivity index (χ3v) is 6.06. The molecule has 0 saturated heterocycles. The lowest BCUT2D eigenvalue weighted by Gasteiger charge is -2.20. The van der Waals surface area contributed by atoms with Gasteiger partial charge >= 0.3 is 12.5 Å². The summed E-state index contributed by atoms with van der Waals surface area (Å²) in [4.78, 5) is 0. The van der Waals surface area contributed by atoms with Gasteiger partial charge in [0.1, 0.15) is 34.6 Å². The Balaban J connectivity index is 1.55. The molecule has 0 heterocycles. The Kier molecular flexibility index (Phi) is 9.46. The maximum atomic E-state index is 14.8. The number of alkyl halides is 5. The van der Waals surface area contributed by atoms with Gasteiger partial charge in [0.25, 0.3) is 0 Å². The Labute approximate surface area is 248 Å². The first-order valence-corrected chi connectivity index (χ1v) is 12.6. The zero-order chi connectivity index (χ0) is 33.1. The molecule has 0 aromatic heterocycles. The van der Waals surface area contributed by atoms with Gasteiger partial charge in [0, 0.05) is 17.2 Å². The zero-order valence-electron chi connectivity index (χ0n) is 22.4. The fraction of sp³-hybridized carbons (Fsp3) is 0.125. The van der Waals surface area contributed by atoms with Crippen LogP contribution in [0.3, 0.4) is 0 Å². The van der Waals surface area contributed by atoms with Crippen molar-refractivity contribution in [3.63, 3.8) is 0 Å². The number of benzene rings is 4. The van der Waals surface area contributed by atoms with Crippen molar-refractivity contribution in [3.05, 3.63) is 130 Å². The Morgan fingerprint density at radius 1 is 0.667 bits per heavy atom. The maximum absolute atomic E-state index is 14.8. The fourth-order valence-electron chi connectivity index (χ4n) is 4.07. The number of aryl methyl sites for hydroxylation is 1. The number of ether oxygens (including phenoxy) is 2. The normalized spacial score (nSPS) is 11.5. The summed E-state index contributed by atoms with van der Waals surface area (Å²) in [6, 6.07) is 7.34. The highest BCUT2D eigenvalue weighted by molar-refractivity contribution is 5.66. The summed E-state index contributed by atoms with van der Waals surface area (Å²) in [5.74, 6) is -7.53. The van der Waals surface area contributed by atoms with Crippen LogP contribution in [-0.2, 0) is 12.5 Å². The minimum atomic E-state index is -5.43. The van der Waals surface area contributed by atoms with E-state index in [1.807, 2.05) is 0 Å². The first kappa shape index (κ1) is 32.9. The summed E-state index contributed by atoms with van der Waals surface area (Å²) < 4.78 is 161. The molecule has 0 N–H and O–H groups in total. The molecule has 0 radical (unpaired) electrons. The summed E-state index contributed by atoms with van der Waals surface area (Å²) in [6.45, 7) is 3.57. The molecule has 0 spiro atoms. The molecule has 4 rings (SSSR count). The second-order valence-corrected chi connectivity index (χ2v) is 9.28. The van der Waals surface area contributed by atoms with Crippen molar-refractivity contribution in [3.8, 4) is 34.5 Å². The van der Waals surface area contributed by atoms with E-state index in [1.54, 1.807) is 12.1 Å². The van der Waals surface area contributed by atoms with E-state index in [2.05, 4.69) is 27.9 Å². The highest BCUT2D eigenvalue weighted by atomic mass is 19.4. The van der Waals surface area contributed by atoms with Gasteiger partial charge < -0.3 is 9.47 Å². The van der Waals surface area contributed by atoms with E-state index in [-0.39, 0.29) is 5.56 Å². The second-order valence-electron chi connectivity index (χ2n) is 9.28. The Hall–Kier alpha value is -4.99. The van der Waals surface area contributed by atoms with Crippen molar-refractivity contribution in [2.75, 3.05) is 0 Å². The highest BCUT2D eigenvalue weighted by Crippen LogP contribution is 2.38. The lowest BCUT2D eigenvalue weighted by molar-refractivity contribution is -0.276. The molecular formula is C32H17F11O2. The van der Waals surface area contributed by atoms with Crippen LogP contribution in [0.1, 0.15) is 28.7 Å². The number of hydrogen-bond acceptors (Lipinski definition) is 2. The van der Waals surface area contributed by atoms with Crippen LogP contribution in [-0.4, -0.2) is 6.36 Å². The first-order chi connectivity index (χ1) is 21.1. The zero-order valence-corrected chi connectivity index (χ0v) is 22.4. The van der Waals surface area contributed by atoms with Crippen molar-refractivity contribution >= 4 is 0 Å². The molecule has 0 aliphatic carbocycles. The SMILES string of the molecule is C=CCCc1ccc(C#Cc2cc(F)c(C(F)(F)Oc3ccc(-c4cc(F)c(OC(F)(F)F)c(F)c4)c(F)c3)c(F)c2)c(F)c1. The highest BCUT2D eigenvalue weighted by Gasteiger charge is 2.41. The van der Waals surface area contributed by atoms with E-state index < -0.39 is 81.1 Å². The van der Waals surface area contributed by atoms with Gasteiger partial charge in [-0.05, 0) is 72.5 Å². The summed E-state index contributed by atoms with van der Waals surface area (Å²) in [7, 11) is 0. The molecule has 0 fully saturated rings. The van der Waals surface area contributed by atoms with E-state index in [1.165, 1.54) is 12.1 Å². The molecule has 234 valence electrons. The maximum Gasteiger partial charge on any atom is 0.573 e. The molecule has 45 heavy (non-hydrogen) atoms. The minimum Gasteiger partial charge on any atom is -0.429 e. The van der Waals surface area contributed by atoms with Gasteiger partial charge in [-0.3, -0.25) is 0 Å². The monoisotopic (exact) mass is 642 g/mol. The van der Waals surface area contributed by atoms with Gasteiger partial charge in [-0.2, -0.15) is 8.78 Å². The third-order valence-electron chi connectivity index (χ3n) is 6.06. The number of rotatable bonds is 8. The quantitative estimate of drug-likeness (QED) is 0.108. The average molecular weight is 642 g/mol.